The van der Waals surface area contributed by atoms with Gasteiger partial charge in [0.25, 0.3) is 0 Å². The van der Waals surface area contributed by atoms with Gasteiger partial charge < -0.3 is 14.6 Å². The van der Waals surface area contributed by atoms with E-state index < -0.39 is 10.0 Å². The van der Waals surface area contributed by atoms with Crippen LogP contribution in [0.4, 0.5) is 0 Å². The van der Waals surface area contributed by atoms with Crippen LogP contribution in [0.25, 0.3) is 0 Å². The average Bonchev–Trinajstić information content (AvgIpc) is 2.17. The molecule has 2 N–H and O–H groups in total. The Kier molecular flexibility index (Phi) is 8.92. The molecule has 0 unspecified atom stereocenters. The second-order valence-corrected chi connectivity index (χ2v) is 4.82. The third-order valence-electron chi connectivity index (χ3n) is 1.57. The smallest absolute Gasteiger partial charge is 0.211 e. The summed E-state index contributed by atoms with van der Waals surface area (Å²) in [6.07, 6.45) is 0.476. The highest BCUT2D eigenvalue weighted by Crippen LogP contribution is 1.89. The van der Waals surface area contributed by atoms with E-state index in [-0.39, 0.29) is 32.1 Å². The van der Waals surface area contributed by atoms with Crippen molar-refractivity contribution in [1.82, 2.24) is 4.72 Å². The Labute approximate surface area is 90.6 Å². The molecule has 0 aromatic rings. The highest BCUT2D eigenvalue weighted by atomic mass is 32.2. The molecule has 0 fully saturated rings. The van der Waals surface area contributed by atoms with Crippen molar-refractivity contribution in [2.45, 2.75) is 6.42 Å². The van der Waals surface area contributed by atoms with Crippen LogP contribution >= 0.6 is 0 Å². The fourth-order valence-electron chi connectivity index (χ4n) is 0.901. The summed E-state index contributed by atoms with van der Waals surface area (Å²) < 4.78 is 34.6. The molecule has 92 valence electrons. The fraction of sp³-hybridized carbons (Fsp3) is 1.00. The fourth-order valence-corrected chi connectivity index (χ4v) is 1.94. The second-order valence-electron chi connectivity index (χ2n) is 2.90. The van der Waals surface area contributed by atoms with Gasteiger partial charge >= 0.3 is 0 Å². The van der Waals surface area contributed by atoms with Crippen molar-refractivity contribution in [2.24, 2.45) is 0 Å². The van der Waals surface area contributed by atoms with E-state index in [0.717, 1.165) is 0 Å². The van der Waals surface area contributed by atoms with E-state index in [0.29, 0.717) is 13.0 Å². The predicted molar refractivity (Wildman–Crippen MR) is 56.2 cm³/mol. The molecule has 0 bridgehead atoms. The lowest BCUT2D eigenvalue weighted by Gasteiger charge is -2.06. The molecule has 15 heavy (non-hydrogen) atoms. The Morgan fingerprint density at radius 1 is 1.27 bits per heavy atom. The summed E-state index contributed by atoms with van der Waals surface area (Å²) >= 11 is 0. The van der Waals surface area contributed by atoms with E-state index in [4.69, 9.17) is 14.6 Å². The van der Waals surface area contributed by atoms with Crippen LogP contribution in [0.2, 0.25) is 0 Å². The van der Waals surface area contributed by atoms with Gasteiger partial charge in [0, 0.05) is 20.3 Å². The standard InChI is InChI=1S/C8H19NO5S/c1-13-5-2-8-15(11,12)9-3-6-14-7-4-10/h9-10H,2-8H2,1H3. The van der Waals surface area contributed by atoms with Crippen LogP contribution in [0.5, 0.6) is 0 Å². The van der Waals surface area contributed by atoms with Crippen LogP contribution in [0.1, 0.15) is 6.42 Å². The number of sulfonamides is 1. The van der Waals surface area contributed by atoms with Crippen molar-refractivity contribution < 1.29 is 23.0 Å². The van der Waals surface area contributed by atoms with Crippen molar-refractivity contribution in [3.63, 3.8) is 0 Å². The van der Waals surface area contributed by atoms with Crippen molar-refractivity contribution in [3.8, 4) is 0 Å². The van der Waals surface area contributed by atoms with E-state index in [9.17, 15) is 8.42 Å². The van der Waals surface area contributed by atoms with Crippen LogP contribution in [0, 0.1) is 0 Å². The summed E-state index contributed by atoms with van der Waals surface area (Å²) in [6.45, 7) is 1.10. The molecular weight excluding hydrogens is 222 g/mol. The summed E-state index contributed by atoms with van der Waals surface area (Å²) in [5, 5.41) is 8.39. The summed E-state index contributed by atoms with van der Waals surface area (Å²) in [4.78, 5) is 0. The normalized spacial score (nSPS) is 11.9. The molecule has 0 aromatic heterocycles. The largest absolute Gasteiger partial charge is 0.394 e. The average molecular weight is 241 g/mol. The monoisotopic (exact) mass is 241 g/mol. The first-order valence-corrected chi connectivity index (χ1v) is 6.42. The van der Waals surface area contributed by atoms with Gasteiger partial charge in [-0.2, -0.15) is 0 Å². The van der Waals surface area contributed by atoms with Gasteiger partial charge in [0.1, 0.15) is 0 Å². The molecule has 0 aliphatic heterocycles. The highest BCUT2D eigenvalue weighted by Gasteiger charge is 2.08. The molecule has 0 rings (SSSR count). The van der Waals surface area contributed by atoms with Crippen LogP contribution in [0.15, 0.2) is 0 Å². The molecule has 0 spiro atoms. The summed E-state index contributed by atoms with van der Waals surface area (Å²) in [5.41, 5.74) is 0. The summed E-state index contributed by atoms with van der Waals surface area (Å²) in [5.74, 6) is 0.0564. The number of rotatable bonds is 10. The zero-order valence-electron chi connectivity index (χ0n) is 8.94. The van der Waals surface area contributed by atoms with E-state index in [1.807, 2.05) is 0 Å². The van der Waals surface area contributed by atoms with Crippen LogP contribution in [-0.2, 0) is 19.5 Å². The zero-order chi connectivity index (χ0) is 11.6. The van der Waals surface area contributed by atoms with Gasteiger partial charge in [0.05, 0.1) is 25.6 Å². The van der Waals surface area contributed by atoms with E-state index in [2.05, 4.69) is 4.72 Å². The first-order chi connectivity index (χ1) is 7.12. The van der Waals surface area contributed by atoms with Gasteiger partial charge in [0.2, 0.25) is 10.0 Å². The first kappa shape index (κ1) is 14.8. The van der Waals surface area contributed by atoms with E-state index in [1.54, 1.807) is 0 Å². The molecule has 0 amide bonds. The molecule has 0 radical (unpaired) electrons. The van der Waals surface area contributed by atoms with Crippen molar-refractivity contribution >= 4 is 10.0 Å². The molecular formula is C8H19NO5S. The second kappa shape index (κ2) is 9.05. The van der Waals surface area contributed by atoms with Crippen LogP contribution < -0.4 is 4.72 Å². The molecule has 0 saturated carbocycles. The van der Waals surface area contributed by atoms with E-state index in [1.165, 1.54) is 7.11 Å². The topological polar surface area (TPSA) is 84.9 Å². The maximum atomic E-state index is 11.3. The minimum atomic E-state index is -3.21. The lowest BCUT2D eigenvalue weighted by atomic mass is 10.5. The Bertz CT molecular complexity index is 229. The van der Waals surface area contributed by atoms with Crippen molar-refractivity contribution in [2.75, 3.05) is 45.8 Å². The van der Waals surface area contributed by atoms with E-state index >= 15 is 0 Å². The minimum absolute atomic E-state index is 0.0550. The number of aliphatic hydroxyl groups is 1. The number of aliphatic hydroxyl groups excluding tert-OH is 1. The molecule has 6 nitrogen and oxygen atoms in total. The summed E-state index contributed by atoms with van der Waals surface area (Å²) in [7, 11) is -1.68. The molecule has 0 aliphatic rings. The first-order valence-electron chi connectivity index (χ1n) is 4.77. The quantitative estimate of drug-likeness (QED) is 0.477. The molecule has 0 aromatic carbocycles. The van der Waals surface area contributed by atoms with Gasteiger partial charge in [-0.05, 0) is 6.42 Å². The Hall–Kier alpha value is -0.210. The molecule has 0 aliphatic carbocycles. The van der Waals surface area contributed by atoms with Gasteiger partial charge in [-0.1, -0.05) is 0 Å². The van der Waals surface area contributed by atoms with Gasteiger partial charge in [-0.3, -0.25) is 0 Å². The third-order valence-corrected chi connectivity index (χ3v) is 3.04. The third kappa shape index (κ3) is 10.1. The number of nitrogens with one attached hydrogen (secondary N) is 1. The maximum Gasteiger partial charge on any atom is 0.211 e. The van der Waals surface area contributed by atoms with Crippen LogP contribution in [0.3, 0.4) is 0 Å². The molecule has 7 heteroatoms. The molecule has 0 atom stereocenters. The minimum Gasteiger partial charge on any atom is -0.394 e. The van der Waals surface area contributed by atoms with Gasteiger partial charge in [0.15, 0.2) is 0 Å². The zero-order valence-corrected chi connectivity index (χ0v) is 9.75. The Balaban J connectivity index is 3.47. The van der Waals surface area contributed by atoms with Gasteiger partial charge in [-0.25, -0.2) is 13.1 Å². The number of ether oxygens (including phenoxy) is 2. The molecule has 0 saturated heterocycles. The SMILES string of the molecule is COCCCS(=O)(=O)NCCOCCO. The predicted octanol–water partition coefficient (Wildman–Crippen LogP) is -1.05. The number of hydrogen-bond donors (Lipinski definition) is 2. The number of hydrogen-bond acceptors (Lipinski definition) is 5. The van der Waals surface area contributed by atoms with Crippen molar-refractivity contribution in [1.29, 1.82) is 0 Å². The summed E-state index contributed by atoms with van der Waals surface area (Å²) in [6, 6.07) is 0. The van der Waals surface area contributed by atoms with Crippen LogP contribution in [-0.4, -0.2) is 59.4 Å². The van der Waals surface area contributed by atoms with Gasteiger partial charge in [-0.15, -0.1) is 0 Å². The Morgan fingerprint density at radius 3 is 2.60 bits per heavy atom. The lowest BCUT2D eigenvalue weighted by Crippen LogP contribution is -2.30. The number of methoxy groups -OCH3 is 1. The van der Waals surface area contributed by atoms with Crippen molar-refractivity contribution in [3.05, 3.63) is 0 Å². The maximum absolute atomic E-state index is 11.3. The lowest BCUT2D eigenvalue weighted by molar-refractivity contribution is 0.0961. The Morgan fingerprint density at radius 2 is 2.00 bits per heavy atom. The molecule has 0 heterocycles. The highest BCUT2D eigenvalue weighted by molar-refractivity contribution is 7.89.